The second-order valence-electron chi connectivity index (χ2n) is 9.23. The Kier molecular flexibility index (Phi) is 5.57. The fourth-order valence-corrected chi connectivity index (χ4v) is 6.03. The Morgan fingerprint density at radius 3 is 2.57 bits per heavy atom. The zero-order valence-corrected chi connectivity index (χ0v) is 17.7. The fraction of sp³-hybridized carbons (Fsp3) is 0.696. The molecule has 5 nitrogen and oxygen atoms in total. The highest BCUT2D eigenvalue weighted by Crippen LogP contribution is 2.64. The molecule has 2 fully saturated rings. The second-order valence-corrected chi connectivity index (χ2v) is 9.23. The molecule has 0 aromatic carbocycles. The summed E-state index contributed by atoms with van der Waals surface area (Å²) in [6, 6.07) is 0. The van der Waals surface area contributed by atoms with Gasteiger partial charge in [0, 0.05) is 26.2 Å². The first kappa shape index (κ1) is 20.8. The van der Waals surface area contributed by atoms with Crippen LogP contribution in [0.3, 0.4) is 0 Å². The standard InChI is InChI=1S/C23H32O5/c1-14-12-18(26)13-20-22(14,4)10-7-19-21(28-16(3)25)17(6-9-23(19,20)5)8-11-27-15(2)24/h8,12,19-21H,6-7,9-11,13H2,1-5H3. The van der Waals surface area contributed by atoms with E-state index in [9.17, 15) is 14.4 Å². The van der Waals surface area contributed by atoms with E-state index in [2.05, 4.69) is 20.8 Å². The number of hydrogen-bond donors (Lipinski definition) is 0. The van der Waals surface area contributed by atoms with Crippen LogP contribution in [0.15, 0.2) is 23.3 Å². The van der Waals surface area contributed by atoms with Crippen molar-refractivity contribution in [3.8, 4) is 0 Å². The van der Waals surface area contributed by atoms with E-state index in [1.807, 2.05) is 12.2 Å². The van der Waals surface area contributed by atoms with Crippen molar-refractivity contribution in [3.05, 3.63) is 23.3 Å². The van der Waals surface area contributed by atoms with E-state index in [1.165, 1.54) is 19.4 Å². The number of carbonyl (C=O) groups is 3. The summed E-state index contributed by atoms with van der Waals surface area (Å²) in [5.74, 6) is 0.0200. The van der Waals surface area contributed by atoms with Crippen molar-refractivity contribution >= 4 is 17.7 Å². The molecule has 0 radical (unpaired) electrons. The third kappa shape index (κ3) is 3.56. The molecule has 3 aliphatic rings. The van der Waals surface area contributed by atoms with Crippen LogP contribution >= 0.6 is 0 Å². The highest BCUT2D eigenvalue weighted by Gasteiger charge is 2.59. The molecule has 0 N–H and O–H groups in total. The van der Waals surface area contributed by atoms with E-state index in [0.29, 0.717) is 6.42 Å². The monoisotopic (exact) mass is 388 g/mol. The van der Waals surface area contributed by atoms with Crippen molar-refractivity contribution in [2.24, 2.45) is 22.7 Å². The molecule has 0 amide bonds. The Balaban J connectivity index is 1.94. The number of carbonyl (C=O) groups excluding carboxylic acids is 3. The zero-order valence-electron chi connectivity index (χ0n) is 17.7. The summed E-state index contributed by atoms with van der Waals surface area (Å²) >= 11 is 0. The van der Waals surface area contributed by atoms with Gasteiger partial charge in [-0.1, -0.05) is 19.4 Å². The van der Waals surface area contributed by atoms with Gasteiger partial charge in [-0.2, -0.15) is 0 Å². The molecule has 0 aromatic heterocycles. The van der Waals surface area contributed by atoms with Crippen molar-refractivity contribution in [1.29, 1.82) is 0 Å². The number of hydrogen-bond acceptors (Lipinski definition) is 5. The zero-order chi connectivity index (χ0) is 20.7. The van der Waals surface area contributed by atoms with Crippen molar-refractivity contribution in [2.45, 2.75) is 72.8 Å². The van der Waals surface area contributed by atoms with Gasteiger partial charge in [0.1, 0.15) is 12.7 Å². The van der Waals surface area contributed by atoms with Crippen LogP contribution in [0, 0.1) is 22.7 Å². The molecule has 0 spiro atoms. The van der Waals surface area contributed by atoms with Gasteiger partial charge in [-0.05, 0) is 67.1 Å². The van der Waals surface area contributed by atoms with Crippen LogP contribution in [0.25, 0.3) is 0 Å². The number of rotatable bonds is 3. The normalized spacial score (nSPS) is 38.9. The van der Waals surface area contributed by atoms with Gasteiger partial charge in [0.25, 0.3) is 0 Å². The van der Waals surface area contributed by atoms with Gasteiger partial charge in [0.15, 0.2) is 5.78 Å². The van der Waals surface area contributed by atoms with Gasteiger partial charge in [-0.3, -0.25) is 14.4 Å². The lowest BCUT2D eigenvalue weighted by atomic mass is 9.44. The SMILES string of the molecule is CC(=O)OCC=C1CCC2(C)C(CCC3(C)C(C)=CC(=O)CC32)C1OC(C)=O. The van der Waals surface area contributed by atoms with E-state index < -0.39 is 0 Å². The Morgan fingerprint density at radius 2 is 1.93 bits per heavy atom. The number of ketones is 1. The molecule has 5 unspecified atom stereocenters. The summed E-state index contributed by atoms with van der Waals surface area (Å²) < 4.78 is 10.9. The van der Waals surface area contributed by atoms with Gasteiger partial charge < -0.3 is 9.47 Å². The summed E-state index contributed by atoms with van der Waals surface area (Å²) in [5, 5.41) is 0. The minimum atomic E-state index is -0.321. The highest BCUT2D eigenvalue weighted by molar-refractivity contribution is 5.92. The highest BCUT2D eigenvalue weighted by atomic mass is 16.5. The van der Waals surface area contributed by atoms with Gasteiger partial charge in [-0.15, -0.1) is 0 Å². The van der Waals surface area contributed by atoms with E-state index in [4.69, 9.17) is 9.47 Å². The molecule has 0 aliphatic heterocycles. The van der Waals surface area contributed by atoms with Crippen LogP contribution in [0.2, 0.25) is 0 Å². The molecule has 28 heavy (non-hydrogen) atoms. The molecule has 5 heteroatoms. The number of esters is 2. The maximum absolute atomic E-state index is 12.4. The van der Waals surface area contributed by atoms with Gasteiger partial charge in [0.2, 0.25) is 0 Å². The predicted octanol–water partition coefficient (Wildman–Crippen LogP) is 4.16. The topological polar surface area (TPSA) is 69.7 Å². The Labute approximate surface area is 167 Å². The summed E-state index contributed by atoms with van der Waals surface area (Å²) in [7, 11) is 0. The summed E-state index contributed by atoms with van der Waals surface area (Å²) in [6.07, 6.45) is 7.67. The first-order chi connectivity index (χ1) is 13.1. The second kappa shape index (κ2) is 7.49. The van der Waals surface area contributed by atoms with Crippen molar-refractivity contribution < 1.29 is 23.9 Å². The Morgan fingerprint density at radius 1 is 1.21 bits per heavy atom. The fourth-order valence-electron chi connectivity index (χ4n) is 6.03. The molecule has 2 saturated carbocycles. The first-order valence-electron chi connectivity index (χ1n) is 10.3. The van der Waals surface area contributed by atoms with Crippen molar-refractivity contribution in [1.82, 2.24) is 0 Å². The molecule has 0 heterocycles. The maximum atomic E-state index is 12.4. The first-order valence-corrected chi connectivity index (χ1v) is 10.3. The molecule has 5 atom stereocenters. The molecule has 0 aromatic rings. The predicted molar refractivity (Wildman–Crippen MR) is 105 cm³/mol. The van der Waals surface area contributed by atoms with Crippen LogP contribution in [-0.4, -0.2) is 30.4 Å². The number of ether oxygens (including phenoxy) is 2. The average molecular weight is 389 g/mol. The lowest BCUT2D eigenvalue weighted by Crippen LogP contribution is -2.57. The lowest BCUT2D eigenvalue weighted by molar-refractivity contribution is -0.162. The average Bonchev–Trinajstić information content (AvgIpc) is 2.58. The summed E-state index contributed by atoms with van der Waals surface area (Å²) in [6.45, 7) is 9.70. The van der Waals surface area contributed by atoms with Crippen LogP contribution in [0.1, 0.15) is 66.7 Å². The summed E-state index contributed by atoms with van der Waals surface area (Å²) in [5.41, 5.74) is 2.18. The maximum Gasteiger partial charge on any atom is 0.303 e. The third-order valence-corrected chi connectivity index (χ3v) is 7.68. The van der Waals surface area contributed by atoms with Crippen LogP contribution < -0.4 is 0 Å². The van der Waals surface area contributed by atoms with Crippen LogP contribution in [-0.2, 0) is 23.9 Å². The Hall–Kier alpha value is -1.91. The molecule has 3 rings (SSSR count). The van der Waals surface area contributed by atoms with E-state index >= 15 is 0 Å². The van der Waals surface area contributed by atoms with Crippen molar-refractivity contribution in [3.63, 3.8) is 0 Å². The van der Waals surface area contributed by atoms with Crippen LogP contribution in [0.4, 0.5) is 0 Å². The minimum Gasteiger partial charge on any atom is -0.462 e. The third-order valence-electron chi connectivity index (χ3n) is 7.68. The van der Waals surface area contributed by atoms with Gasteiger partial charge >= 0.3 is 11.9 Å². The molecule has 0 saturated heterocycles. The quantitative estimate of drug-likeness (QED) is 0.536. The number of allylic oxidation sites excluding steroid dienone is 2. The molecular formula is C23H32O5. The molecule has 0 bridgehead atoms. The van der Waals surface area contributed by atoms with Crippen molar-refractivity contribution in [2.75, 3.05) is 6.61 Å². The molecular weight excluding hydrogens is 356 g/mol. The summed E-state index contributed by atoms with van der Waals surface area (Å²) in [4.78, 5) is 35.4. The largest absolute Gasteiger partial charge is 0.462 e. The van der Waals surface area contributed by atoms with Gasteiger partial charge in [-0.25, -0.2) is 0 Å². The number of fused-ring (bicyclic) bond motifs is 3. The smallest absolute Gasteiger partial charge is 0.303 e. The van der Waals surface area contributed by atoms with Gasteiger partial charge in [0.05, 0.1) is 0 Å². The lowest BCUT2D eigenvalue weighted by Gasteiger charge is -2.61. The Bertz CT molecular complexity index is 748. The molecule has 3 aliphatic carbocycles. The van der Waals surface area contributed by atoms with E-state index in [1.54, 1.807) is 0 Å². The molecule has 154 valence electrons. The van der Waals surface area contributed by atoms with E-state index in [0.717, 1.165) is 31.3 Å². The minimum absolute atomic E-state index is 0.0267. The van der Waals surface area contributed by atoms with E-state index in [-0.39, 0.29) is 53.1 Å². The van der Waals surface area contributed by atoms with Crippen LogP contribution in [0.5, 0.6) is 0 Å².